The number of nitrogens with one attached hydrogen (secondary N) is 1. The van der Waals surface area contributed by atoms with Gasteiger partial charge < -0.3 is 19.7 Å². The molecule has 1 fully saturated rings. The number of rotatable bonds is 3. The lowest BCUT2D eigenvalue weighted by Crippen LogP contribution is -2.26. The molecule has 1 aromatic heterocycles. The van der Waals surface area contributed by atoms with Crippen LogP contribution in [0.3, 0.4) is 0 Å². The Morgan fingerprint density at radius 2 is 2.47 bits per heavy atom. The first kappa shape index (κ1) is 11.4. The lowest BCUT2D eigenvalue weighted by molar-refractivity contribution is -0.140. The number of ether oxygens (including phenoxy) is 1. The van der Waals surface area contributed by atoms with E-state index < -0.39 is 11.9 Å². The van der Waals surface area contributed by atoms with Crippen LogP contribution >= 0.6 is 0 Å². The average Bonchev–Trinajstić information content (AvgIpc) is 2.77. The molecule has 0 amide bonds. The molecule has 0 radical (unpaired) electrons. The van der Waals surface area contributed by atoms with Gasteiger partial charge in [-0.3, -0.25) is 9.59 Å². The highest BCUT2D eigenvalue weighted by Gasteiger charge is 2.30. The molecule has 1 atom stereocenters. The third-order valence-electron chi connectivity index (χ3n) is 2.83. The monoisotopic (exact) mass is 239 g/mol. The summed E-state index contributed by atoms with van der Waals surface area (Å²) in [5.74, 6) is -0.712. The minimum absolute atomic E-state index is 0.124. The predicted octanol–water partition coefficient (Wildman–Crippen LogP) is -0.311. The zero-order chi connectivity index (χ0) is 12.4. The van der Waals surface area contributed by atoms with Crippen LogP contribution in [-0.2, 0) is 4.79 Å². The molecular weight excluding hydrogens is 226 g/mol. The number of nitrogens with zero attached hydrogens (tertiary/aromatic N) is 2. The Balaban J connectivity index is 2.27. The first-order valence-corrected chi connectivity index (χ1v) is 5.23. The van der Waals surface area contributed by atoms with Crippen LogP contribution in [0.4, 0.5) is 5.82 Å². The van der Waals surface area contributed by atoms with Crippen LogP contribution in [0, 0.1) is 5.92 Å². The van der Waals surface area contributed by atoms with Gasteiger partial charge in [-0.05, 0) is 6.42 Å². The van der Waals surface area contributed by atoms with Gasteiger partial charge in [0.1, 0.15) is 0 Å². The number of aliphatic carboxylic acids is 1. The van der Waals surface area contributed by atoms with Gasteiger partial charge in [0.25, 0.3) is 5.56 Å². The molecule has 2 heterocycles. The number of aromatic amines is 1. The van der Waals surface area contributed by atoms with Crippen LogP contribution in [0.15, 0.2) is 11.1 Å². The van der Waals surface area contributed by atoms with Gasteiger partial charge in [0, 0.05) is 13.1 Å². The van der Waals surface area contributed by atoms with E-state index >= 15 is 0 Å². The van der Waals surface area contributed by atoms with Gasteiger partial charge in [-0.25, -0.2) is 4.98 Å². The topological polar surface area (TPSA) is 95.5 Å². The molecule has 17 heavy (non-hydrogen) atoms. The van der Waals surface area contributed by atoms with Crippen LogP contribution in [0.1, 0.15) is 6.42 Å². The van der Waals surface area contributed by atoms with E-state index in [2.05, 4.69) is 9.97 Å². The second-order valence-corrected chi connectivity index (χ2v) is 3.86. The second-order valence-electron chi connectivity index (χ2n) is 3.86. The third-order valence-corrected chi connectivity index (χ3v) is 2.83. The summed E-state index contributed by atoms with van der Waals surface area (Å²) in [6.07, 6.45) is 1.83. The van der Waals surface area contributed by atoms with Gasteiger partial charge in [-0.2, -0.15) is 0 Å². The fourth-order valence-corrected chi connectivity index (χ4v) is 1.94. The number of hydrogen-bond donors (Lipinski definition) is 2. The fraction of sp³-hybridized carbons (Fsp3) is 0.500. The van der Waals surface area contributed by atoms with Crippen molar-refractivity contribution in [3.63, 3.8) is 0 Å². The molecule has 2 rings (SSSR count). The molecule has 0 bridgehead atoms. The number of H-pyrrole nitrogens is 1. The van der Waals surface area contributed by atoms with E-state index in [1.165, 1.54) is 13.4 Å². The van der Waals surface area contributed by atoms with Gasteiger partial charge in [-0.15, -0.1) is 0 Å². The van der Waals surface area contributed by atoms with Crippen molar-refractivity contribution in [2.75, 3.05) is 25.1 Å². The average molecular weight is 239 g/mol. The SMILES string of the molecule is COc1c(N2CCC(C(=O)O)C2)nc[nH]c1=O. The lowest BCUT2D eigenvalue weighted by Gasteiger charge is -2.18. The fourth-order valence-electron chi connectivity index (χ4n) is 1.94. The maximum Gasteiger partial charge on any atom is 0.308 e. The van der Waals surface area contributed by atoms with Gasteiger partial charge in [-0.1, -0.05) is 0 Å². The number of hydrogen-bond acceptors (Lipinski definition) is 5. The van der Waals surface area contributed by atoms with E-state index in [9.17, 15) is 9.59 Å². The second kappa shape index (κ2) is 4.44. The van der Waals surface area contributed by atoms with E-state index in [4.69, 9.17) is 9.84 Å². The molecular formula is C10H13N3O4. The summed E-state index contributed by atoms with van der Waals surface area (Å²) in [6, 6.07) is 0. The normalized spacial score (nSPS) is 19.4. The van der Waals surface area contributed by atoms with E-state index in [0.717, 1.165) is 0 Å². The van der Waals surface area contributed by atoms with Crippen LogP contribution in [0.5, 0.6) is 5.75 Å². The van der Waals surface area contributed by atoms with Gasteiger partial charge in [0.2, 0.25) is 5.75 Å². The van der Waals surface area contributed by atoms with Crippen molar-refractivity contribution in [3.05, 3.63) is 16.7 Å². The minimum Gasteiger partial charge on any atom is -0.489 e. The maximum absolute atomic E-state index is 11.5. The van der Waals surface area contributed by atoms with Crippen molar-refractivity contribution >= 4 is 11.8 Å². The summed E-state index contributed by atoms with van der Waals surface area (Å²) in [7, 11) is 1.39. The van der Waals surface area contributed by atoms with Crippen LogP contribution in [-0.4, -0.2) is 41.2 Å². The number of aromatic nitrogens is 2. The summed E-state index contributed by atoms with van der Waals surface area (Å²) in [6.45, 7) is 0.909. The first-order chi connectivity index (χ1) is 8.13. The zero-order valence-corrected chi connectivity index (χ0v) is 9.34. The molecule has 2 N–H and O–H groups in total. The highest BCUT2D eigenvalue weighted by atomic mass is 16.5. The van der Waals surface area contributed by atoms with E-state index in [-0.39, 0.29) is 11.3 Å². The Hall–Kier alpha value is -2.05. The van der Waals surface area contributed by atoms with Crippen molar-refractivity contribution in [3.8, 4) is 5.75 Å². The molecule has 1 unspecified atom stereocenters. The van der Waals surface area contributed by atoms with E-state index in [1.54, 1.807) is 4.90 Å². The maximum atomic E-state index is 11.5. The van der Waals surface area contributed by atoms with Gasteiger partial charge in [0.15, 0.2) is 5.82 Å². The van der Waals surface area contributed by atoms with Crippen LogP contribution < -0.4 is 15.2 Å². The number of anilines is 1. The Bertz CT molecular complexity index is 485. The third kappa shape index (κ3) is 2.08. The number of carboxylic acid groups (broad SMARTS) is 1. The van der Waals surface area contributed by atoms with Crippen molar-refractivity contribution in [1.29, 1.82) is 0 Å². The van der Waals surface area contributed by atoms with E-state index in [0.29, 0.717) is 25.3 Å². The van der Waals surface area contributed by atoms with Crippen molar-refractivity contribution in [2.45, 2.75) is 6.42 Å². The van der Waals surface area contributed by atoms with E-state index in [1.807, 2.05) is 0 Å². The number of methoxy groups -OCH3 is 1. The minimum atomic E-state index is -0.823. The van der Waals surface area contributed by atoms with Crippen LogP contribution in [0.2, 0.25) is 0 Å². The van der Waals surface area contributed by atoms with Crippen molar-refractivity contribution in [2.24, 2.45) is 5.92 Å². The quantitative estimate of drug-likeness (QED) is 0.751. The van der Waals surface area contributed by atoms with Gasteiger partial charge >= 0.3 is 5.97 Å². The molecule has 92 valence electrons. The summed E-state index contributed by atoms with van der Waals surface area (Å²) < 4.78 is 4.99. The largest absolute Gasteiger partial charge is 0.489 e. The number of carbonyl (C=O) groups is 1. The Labute approximate surface area is 97.0 Å². The molecule has 0 aromatic carbocycles. The standard InChI is InChI=1S/C10H13N3O4/c1-17-7-8(11-5-12-9(7)14)13-3-2-6(4-13)10(15)16/h5-6H,2-4H2,1H3,(H,15,16)(H,11,12,14). The molecule has 7 nitrogen and oxygen atoms in total. The summed E-state index contributed by atoms with van der Waals surface area (Å²) in [5.41, 5.74) is -0.365. The van der Waals surface area contributed by atoms with Crippen molar-refractivity contribution < 1.29 is 14.6 Å². The Morgan fingerprint density at radius 1 is 1.71 bits per heavy atom. The smallest absolute Gasteiger partial charge is 0.308 e. The highest BCUT2D eigenvalue weighted by Crippen LogP contribution is 2.26. The first-order valence-electron chi connectivity index (χ1n) is 5.23. The summed E-state index contributed by atoms with van der Waals surface area (Å²) in [4.78, 5) is 30.5. The predicted molar refractivity (Wildman–Crippen MR) is 59.4 cm³/mol. The molecule has 1 saturated heterocycles. The van der Waals surface area contributed by atoms with Crippen molar-refractivity contribution in [1.82, 2.24) is 9.97 Å². The molecule has 0 spiro atoms. The highest BCUT2D eigenvalue weighted by molar-refractivity contribution is 5.72. The summed E-state index contributed by atoms with van der Waals surface area (Å²) in [5, 5.41) is 8.91. The molecule has 1 aliphatic heterocycles. The lowest BCUT2D eigenvalue weighted by atomic mass is 10.1. The Kier molecular flexibility index (Phi) is 2.99. The number of carboxylic acids is 1. The summed E-state index contributed by atoms with van der Waals surface area (Å²) >= 11 is 0. The molecule has 1 aromatic rings. The zero-order valence-electron chi connectivity index (χ0n) is 9.34. The molecule has 0 saturated carbocycles. The molecule has 7 heteroatoms. The molecule has 1 aliphatic rings. The molecule has 0 aliphatic carbocycles. The Morgan fingerprint density at radius 3 is 3.06 bits per heavy atom. The van der Waals surface area contributed by atoms with Gasteiger partial charge in [0.05, 0.1) is 19.4 Å². The van der Waals surface area contributed by atoms with Crippen LogP contribution in [0.25, 0.3) is 0 Å².